The number of rotatable bonds is 5. The highest BCUT2D eigenvalue weighted by molar-refractivity contribution is 6.07. The first-order chi connectivity index (χ1) is 15.6. The van der Waals surface area contributed by atoms with Crippen molar-refractivity contribution in [2.75, 3.05) is 12.4 Å². The van der Waals surface area contributed by atoms with Crippen molar-refractivity contribution >= 4 is 22.5 Å². The molecule has 2 aromatic heterocycles. The smallest absolute Gasteiger partial charge is 0.255 e. The predicted octanol–water partition coefficient (Wildman–Crippen LogP) is 4.04. The van der Waals surface area contributed by atoms with Gasteiger partial charge in [-0.3, -0.25) is 4.79 Å². The molecule has 0 fully saturated rings. The van der Waals surface area contributed by atoms with Crippen LogP contribution in [0, 0.1) is 6.92 Å². The van der Waals surface area contributed by atoms with E-state index in [2.05, 4.69) is 26.0 Å². The number of hydrogen-bond acceptors (Lipinski definition) is 7. The van der Waals surface area contributed by atoms with Crippen LogP contribution in [0.4, 0.5) is 5.69 Å². The van der Waals surface area contributed by atoms with Gasteiger partial charge in [-0.2, -0.15) is 4.68 Å². The molecule has 32 heavy (non-hydrogen) atoms. The minimum atomic E-state index is -0.267. The van der Waals surface area contributed by atoms with E-state index < -0.39 is 0 Å². The van der Waals surface area contributed by atoms with Crippen molar-refractivity contribution < 1.29 is 14.1 Å². The molecule has 9 nitrogen and oxygen atoms in total. The molecule has 0 saturated carbocycles. The van der Waals surface area contributed by atoms with Gasteiger partial charge in [0, 0.05) is 16.8 Å². The maximum atomic E-state index is 13.0. The van der Waals surface area contributed by atoms with E-state index in [0.29, 0.717) is 39.8 Å². The van der Waals surface area contributed by atoms with Crippen molar-refractivity contribution in [3.63, 3.8) is 0 Å². The number of amides is 1. The Kier molecular flexibility index (Phi) is 4.83. The Hall–Kier alpha value is -4.53. The highest BCUT2D eigenvalue weighted by Crippen LogP contribution is 2.30. The monoisotopic (exact) mass is 426 g/mol. The van der Waals surface area contributed by atoms with Crippen LogP contribution < -0.4 is 10.1 Å². The van der Waals surface area contributed by atoms with E-state index in [9.17, 15) is 4.79 Å². The Labute approximate surface area is 182 Å². The van der Waals surface area contributed by atoms with Crippen LogP contribution >= 0.6 is 0 Å². The average Bonchev–Trinajstić information content (AvgIpc) is 3.45. The second kappa shape index (κ2) is 7.95. The molecule has 2 heterocycles. The molecule has 0 bridgehead atoms. The summed E-state index contributed by atoms with van der Waals surface area (Å²) < 4.78 is 12.5. The van der Waals surface area contributed by atoms with Gasteiger partial charge < -0.3 is 14.6 Å². The molecule has 3 aromatic carbocycles. The summed E-state index contributed by atoms with van der Waals surface area (Å²) in [6, 6.07) is 20.2. The normalized spacial score (nSPS) is 10.9. The number of aryl methyl sites for hydroxylation is 1. The van der Waals surface area contributed by atoms with Gasteiger partial charge in [-0.1, -0.05) is 35.5 Å². The Morgan fingerprint density at radius 3 is 2.66 bits per heavy atom. The quantitative estimate of drug-likeness (QED) is 0.452. The van der Waals surface area contributed by atoms with Crippen LogP contribution in [0.1, 0.15) is 16.2 Å². The van der Waals surface area contributed by atoms with Crippen LogP contribution in [-0.4, -0.2) is 38.4 Å². The highest BCUT2D eigenvalue weighted by Gasteiger charge is 2.16. The number of anilines is 1. The molecule has 0 radical (unpaired) electrons. The zero-order valence-electron chi connectivity index (χ0n) is 17.3. The second-order valence-electron chi connectivity index (χ2n) is 7.09. The van der Waals surface area contributed by atoms with Gasteiger partial charge in [-0.15, -0.1) is 5.10 Å². The van der Waals surface area contributed by atoms with Crippen molar-refractivity contribution in [2.45, 2.75) is 6.92 Å². The number of carbonyl (C=O) groups excluding carboxylic acids is 1. The molecule has 5 aromatic rings. The topological polar surface area (TPSA) is 108 Å². The molecular formula is C23H18N6O3. The van der Waals surface area contributed by atoms with Gasteiger partial charge in [0.1, 0.15) is 17.0 Å². The third kappa shape index (κ3) is 3.45. The lowest BCUT2D eigenvalue weighted by Gasteiger charge is -2.12. The molecular weight excluding hydrogens is 408 g/mol. The van der Waals surface area contributed by atoms with E-state index >= 15 is 0 Å². The lowest BCUT2D eigenvalue weighted by molar-refractivity contribution is 0.102. The summed E-state index contributed by atoms with van der Waals surface area (Å²) in [6.45, 7) is 1.78. The predicted molar refractivity (Wildman–Crippen MR) is 118 cm³/mol. The van der Waals surface area contributed by atoms with Gasteiger partial charge >= 0.3 is 0 Å². The zero-order valence-corrected chi connectivity index (χ0v) is 17.3. The molecule has 0 spiro atoms. The number of methoxy groups -OCH3 is 1. The standard InChI is InChI=1S/C23H18N6O3/c1-14-25-27-28-29(14)20-13-17(9-11-21(20)31-2)24-23(30)16-8-10-19-18(12-16)22(32-26-19)15-6-4-3-5-7-15/h3-13H,1-2H3,(H,24,30). The molecule has 0 atom stereocenters. The molecule has 0 aliphatic carbocycles. The Morgan fingerprint density at radius 2 is 1.91 bits per heavy atom. The van der Waals surface area contributed by atoms with Crippen LogP contribution in [0.15, 0.2) is 71.3 Å². The maximum Gasteiger partial charge on any atom is 0.255 e. The summed E-state index contributed by atoms with van der Waals surface area (Å²) in [4.78, 5) is 13.0. The average molecular weight is 426 g/mol. The lowest BCUT2D eigenvalue weighted by Crippen LogP contribution is -2.12. The van der Waals surface area contributed by atoms with E-state index in [-0.39, 0.29) is 5.91 Å². The zero-order chi connectivity index (χ0) is 22.1. The van der Waals surface area contributed by atoms with Gasteiger partial charge in [-0.25, -0.2) is 0 Å². The first kappa shape index (κ1) is 19.4. The fourth-order valence-corrected chi connectivity index (χ4v) is 3.47. The summed E-state index contributed by atoms with van der Waals surface area (Å²) in [5.74, 6) is 1.53. The Bertz CT molecular complexity index is 1420. The molecule has 9 heteroatoms. The summed E-state index contributed by atoms with van der Waals surface area (Å²) >= 11 is 0. The van der Waals surface area contributed by atoms with Crippen molar-refractivity contribution in [2.24, 2.45) is 0 Å². The first-order valence-corrected chi connectivity index (χ1v) is 9.83. The van der Waals surface area contributed by atoms with E-state index in [0.717, 1.165) is 10.9 Å². The fraction of sp³-hybridized carbons (Fsp3) is 0.0870. The minimum absolute atomic E-state index is 0.267. The number of hydrogen-bond donors (Lipinski definition) is 1. The van der Waals surface area contributed by atoms with Crippen LogP contribution in [0.25, 0.3) is 27.9 Å². The van der Waals surface area contributed by atoms with Crippen LogP contribution in [-0.2, 0) is 0 Å². The first-order valence-electron chi connectivity index (χ1n) is 9.83. The largest absolute Gasteiger partial charge is 0.494 e. The van der Waals surface area contributed by atoms with Crippen LogP contribution in [0.5, 0.6) is 5.75 Å². The molecule has 5 rings (SSSR count). The Balaban J connectivity index is 1.47. The second-order valence-corrected chi connectivity index (χ2v) is 7.09. The van der Waals surface area contributed by atoms with Gasteiger partial charge in [0.25, 0.3) is 5.91 Å². The number of carbonyl (C=O) groups is 1. The van der Waals surface area contributed by atoms with Crippen molar-refractivity contribution in [1.29, 1.82) is 0 Å². The van der Waals surface area contributed by atoms with Crippen molar-refractivity contribution in [1.82, 2.24) is 25.4 Å². The van der Waals surface area contributed by atoms with Gasteiger partial charge in [-0.05, 0) is 53.7 Å². The number of aromatic nitrogens is 5. The van der Waals surface area contributed by atoms with Gasteiger partial charge in [0.15, 0.2) is 11.6 Å². The molecule has 158 valence electrons. The third-order valence-corrected chi connectivity index (χ3v) is 5.06. The molecule has 1 N–H and O–H groups in total. The van der Waals surface area contributed by atoms with Crippen LogP contribution in [0.3, 0.4) is 0 Å². The number of fused-ring (bicyclic) bond motifs is 1. The number of ether oxygens (including phenoxy) is 1. The minimum Gasteiger partial charge on any atom is -0.494 e. The van der Waals surface area contributed by atoms with Crippen molar-refractivity contribution in [3.8, 4) is 22.8 Å². The van der Waals surface area contributed by atoms with E-state index in [1.54, 1.807) is 55.1 Å². The van der Waals surface area contributed by atoms with Gasteiger partial charge in [0.2, 0.25) is 0 Å². The summed E-state index contributed by atoms with van der Waals surface area (Å²) in [5, 5.41) is 19.4. The highest BCUT2D eigenvalue weighted by atomic mass is 16.5. The maximum absolute atomic E-state index is 13.0. The van der Waals surface area contributed by atoms with Gasteiger partial charge in [0.05, 0.1) is 12.5 Å². The van der Waals surface area contributed by atoms with Crippen molar-refractivity contribution in [3.05, 3.63) is 78.1 Å². The fourth-order valence-electron chi connectivity index (χ4n) is 3.47. The summed E-state index contributed by atoms with van der Waals surface area (Å²) in [7, 11) is 1.56. The SMILES string of the molecule is COc1ccc(NC(=O)c2ccc3noc(-c4ccccc4)c3c2)cc1-n1nnnc1C. The Morgan fingerprint density at radius 1 is 1.06 bits per heavy atom. The third-order valence-electron chi connectivity index (χ3n) is 5.06. The molecule has 0 aliphatic rings. The number of tetrazole rings is 1. The molecule has 0 saturated heterocycles. The van der Waals surface area contributed by atoms with Crippen LogP contribution in [0.2, 0.25) is 0 Å². The van der Waals surface area contributed by atoms with E-state index in [4.69, 9.17) is 9.26 Å². The number of nitrogens with one attached hydrogen (secondary N) is 1. The molecule has 0 aliphatic heterocycles. The molecule has 0 unspecified atom stereocenters. The summed E-state index contributed by atoms with van der Waals surface area (Å²) in [6.07, 6.45) is 0. The lowest BCUT2D eigenvalue weighted by atomic mass is 10.1. The molecule has 1 amide bonds. The number of nitrogens with zero attached hydrogens (tertiary/aromatic N) is 5. The van der Waals surface area contributed by atoms with E-state index in [1.165, 1.54) is 0 Å². The number of benzene rings is 3. The summed E-state index contributed by atoms with van der Waals surface area (Å²) in [5.41, 5.74) is 3.25. The van der Waals surface area contributed by atoms with E-state index in [1.807, 2.05) is 30.3 Å².